The second-order valence-corrected chi connectivity index (χ2v) is 5.01. The van der Waals surface area contributed by atoms with Crippen molar-refractivity contribution in [3.05, 3.63) is 48.3 Å². The van der Waals surface area contributed by atoms with E-state index in [1.807, 2.05) is 47.0 Å². The van der Waals surface area contributed by atoms with Gasteiger partial charge in [0.25, 0.3) is 0 Å². The van der Waals surface area contributed by atoms with E-state index in [2.05, 4.69) is 4.98 Å². The van der Waals surface area contributed by atoms with Gasteiger partial charge in [-0.3, -0.25) is 0 Å². The van der Waals surface area contributed by atoms with E-state index in [0.717, 1.165) is 5.52 Å². The molecule has 2 aromatic heterocycles. The minimum Gasteiger partial charge on any atom is -0.464 e. The van der Waals surface area contributed by atoms with E-state index in [1.54, 1.807) is 6.92 Å². The molecular weight excluding hydrogens is 268 g/mol. The van der Waals surface area contributed by atoms with E-state index in [-0.39, 0.29) is 6.61 Å². The Bertz CT molecular complexity index is 821. The smallest absolute Gasteiger partial charge is 0.344 e. The molecule has 0 radical (unpaired) electrons. The van der Waals surface area contributed by atoms with Crippen LogP contribution in [0.5, 0.6) is 0 Å². The lowest BCUT2D eigenvalue weighted by Gasteiger charge is -2.22. The molecular formula is C16H16N2O3. The molecule has 3 aromatic rings. The SMILES string of the molecule is CCOC(=O)C(C)(O)c1nc2ccccc2n2cccc12. The highest BCUT2D eigenvalue weighted by atomic mass is 16.5. The van der Waals surface area contributed by atoms with Crippen LogP contribution in [0.15, 0.2) is 42.6 Å². The maximum atomic E-state index is 12.0. The molecule has 0 saturated heterocycles. The Morgan fingerprint density at radius 3 is 2.76 bits per heavy atom. The third-order valence-corrected chi connectivity index (χ3v) is 3.50. The lowest BCUT2D eigenvalue weighted by Crippen LogP contribution is -2.35. The van der Waals surface area contributed by atoms with E-state index in [9.17, 15) is 9.90 Å². The number of benzene rings is 1. The summed E-state index contributed by atoms with van der Waals surface area (Å²) in [6, 6.07) is 11.3. The van der Waals surface area contributed by atoms with Crippen molar-refractivity contribution in [2.24, 2.45) is 0 Å². The van der Waals surface area contributed by atoms with Gasteiger partial charge in [-0.1, -0.05) is 12.1 Å². The number of carbonyl (C=O) groups is 1. The fourth-order valence-corrected chi connectivity index (χ4v) is 2.45. The number of para-hydroxylation sites is 2. The van der Waals surface area contributed by atoms with Gasteiger partial charge in [0.05, 0.1) is 23.2 Å². The molecule has 5 heteroatoms. The van der Waals surface area contributed by atoms with Crippen molar-refractivity contribution in [1.82, 2.24) is 9.38 Å². The van der Waals surface area contributed by atoms with Gasteiger partial charge < -0.3 is 14.2 Å². The summed E-state index contributed by atoms with van der Waals surface area (Å²) in [6.07, 6.45) is 1.88. The second kappa shape index (κ2) is 4.86. The molecule has 0 spiro atoms. The second-order valence-electron chi connectivity index (χ2n) is 5.01. The van der Waals surface area contributed by atoms with E-state index in [1.165, 1.54) is 6.92 Å². The number of hydrogen-bond acceptors (Lipinski definition) is 4. The maximum absolute atomic E-state index is 12.0. The zero-order valence-corrected chi connectivity index (χ0v) is 11.9. The van der Waals surface area contributed by atoms with Crippen LogP contribution >= 0.6 is 0 Å². The minimum atomic E-state index is -1.79. The molecule has 108 valence electrons. The number of aliphatic hydroxyl groups is 1. The van der Waals surface area contributed by atoms with Crippen LogP contribution in [0.3, 0.4) is 0 Å². The number of carbonyl (C=O) groups excluding carboxylic acids is 1. The minimum absolute atomic E-state index is 0.208. The molecule has 0 aliphatic heterocycles. The van der Waals surface area contributed by atoms with E-state index < -0.39 is 11.6 Å². The Labute approximate surface area is 121 Å². The molecule has 21 heavy (non-hydrogen) atoms. The lowest BCUT2D eigenvalue weighted by molar-refractivity contribution is -0.164. The zero-order chi connectivity index (χ0) is 15.0. The molecule has 0 amide bonds. The van der Waals surface area contributed by atoms with Gasteiger partial charge in [-0.25, -0.2) is 9.78 Å². The standard InChI is InChI=1S/C16H16N2O3/c1-3-21-15(19)16(2,20)14-13-9-6-10-18(13)12-8-5-4-7-11(12)17-14/h4-10,20H,3H2,1-2H3. The molecule has 3 rings (SSSR count). The van der Waals surface area contributed by atoms with Gasteiger partial charge in [0.15, 0.2) is 0 Å². The van der Waals surface area contributed by atoms with Crippen LogP contribution in [0.4, 0.5) is 0 Å². The number of esters is 1. The maximum Gasteiger partial charge on any atom is 0.344 e. The summed E-state index contributed by atoms with van der Waals surface area (Å²) in [7, 11) is 0. The molecule has 2 heterocycles. The molecule has 0 fully saturated rings. The highest BCUT2D eigenvalue weighted by Gasteiger charge is 2.38. The van der Waals surface area contributed by atoms with Crippen LogP contribution in [0.1, 0.15) is 19.5 Å². The van der Waals surface area contributed by atoms with Crippen molar-refractivity contribution >= 4 is 22.5 Å². The zero-order valence-electron chi connectivity index (χ0n) is 11.9. The number of rotatable bonds is 3. The summed E-state index contributed by atoms with van der Waals surface area (Å²) in [5.74, 6) is -0.698. The molecule has 0 saturated carbocycles. The van der Waals surface area contributed by atoms with E-state index in [0.29, 0.717) is 16.7 Å². The normalized spacial score (nSPS) is 14.2. The monoisotopic (exact) mass is 284 g/mol. The number of ether oxygens (including phenoxy) is 1. The molecule has 1 unspecified atom stereocenters. The number of aromatic nitrogens is 2. The summed E-state index contributed by atoms with van der Waals surface area (Å²) in [4.78, 5) is 16.5. The summed E-state index contributed by atoms with van der Waals surface area (Å²) >= 11 is 0. The molecule has 1 aromatic carbocycles. The molecule has 0 aliphatic carbocycles. The topological polar surface area (TPSA) is 63.8 Å². The van der Waals surface area contributed by atoms with Gasteiger partial charge >= 0.3 is 5.97 Å². The first-order chi connectivity index (χ1) is 10.1. The van der Waals surface area contributed by atoms with Crippen molar-refractivity contribution in [2.45, 2.75) is 19.4 Å². The summed E-state index contributed by atoms with van der Waals surface area (Å²) in [6.45, 7) is 3.32. The fraction of sp³-hybridized carbons (Fsp3) is 0.250. The average molecular weight is 284 g/mol. The lowest BCUT2D eigenvalue weighted by atomic mass is 10.0. The van der Waals surface area contributed by atoms with Gasteiger partial charge in [-0.2, -0.15) is 0 Å². The third kappa shape index (κ3) is 2.06. The van der Waals surface area contributed by atoms with Crippen LogP contribution in [0.25, 0.3) is 16.6 Å². The molecule has 0 bridgehead atoms. The first-order valence-electron chi connectivity index (χ1n) is 6.81. The van der Waals surface area contributed by atoms with Gasteiger partial charge in [0.2, 0.25) is 5.60 Å². The van der Waals surface area contributed by atoms with Gasteiger partial charge in [-0.05, 0) is 38.1 Å². The predicted molar refractivity (Wildman–Crippen MR) is 78.9 cm³/mol. The molecule has 5 nitrogen and oxygen atoms in total. The molecule has 0 aliphatic rings. The Morgan fingerprint density at radius 1 is 1.29 bits per heavy atom. The Balaban J connectivity index is 2.30. The largest absolute Gasteiger partial charge is 0.464 e. The number of hydrogen-bond donors (Lipinski definition) is 1. The van der Waals surface area contributed by atoms with E-state index >= 15 is 0 Å². The van der Waals surface area contributed by atoms with Crippen LogP contribution in [-0.2, 0) is 15.1 Å². The fourth-order valence-electron chi connectivity index (χ4n) is 2.45. The van der Waals surface area contributed by atoms with Gasteiger partial charge in [0.1, 0.15) is 5.69 Å². The van der Waals surface area contributed by atoms with Gasteiger partial charge in [0, 0.05) is 6.20 Å². The Morgan fingerprint density at radius 2 is 2.00 bits per heavy atom. The van der Waals surface area contributed by atoms with Crippen molar-refractivity contribution in [2.75, 3.05) is 6.61 Å². The summed E-state index contributed by atoms with van der Waals surface area (Å²) in [5, 5.41) is 10.6. The Kier molecular flexibility index (Phi) is 3.14. The van der Waals surface area contributed by atoms with Crippen molar-refractivity contribution in [1.29, 1.82) is 0 Å². The first-order valence-corrected chi connectivity index (χ1v) is 6.81. The van der Waals surface area contributed by atoms with E-state index in [4.69, 9.17) is 4.74 Å². The summed E-state index contributed by atoms with van der Waals surface area (Å²) < 4.78 is 6.87. The van der Waals surface area contributed by atoms with Crippen LogP contribution in [0.2, 0.25) is 0 Å². The Hall–Kier alpha value is -2.40. The summed E-state index contributed by atoms with van der Waals surface area (Å²) in [5.41, 5.74) is 0.817. The highest BCUT2D eigenvalue weighted by molar-refractivity contribution is 5.86. The first kappa shape index (κ1) is 13.6. The number of nitrogens with zero attached hydrogens (tertiary/aromatic N) is 2. The van der Waals surface area contributed by atoms with Crippen molar-refractivity contribution < 1.29 is 14.6 Å². The van der Waals surface area contributed by atoms with Crippen LogP contribution < -0.4 is 0 Å². The molecule has 1 N–H and O–H groups in total. The quantitative estimate of drug-likeness (QED) is 0.749. The molecule has 1 atom stereocenters. The highest BCUT2D eigenvalue weighted by Crippen LogP contribution is 2.28. The number of fused-ring (bicyclic) bond motifs is 3. The average Bonchev–Trinajstić information content (AvgIpc) is 2.96. The van der Waals surface area contributed by atoms with Crippen molar-refractivity contribution in [3.63, 3.8) is 0 Å². The predicted octanol–water partition coefficient (Wildman–Crippen LogP) is 2.26. The third-order valence-electron chi connectivity index (χ3n) is 3.50. The van der Waals surface area contributed by atoms with Crippen LogP contribution in [-0.4, -0.2) is 27.1 Å². The van der Waals surface area contributed by atoms with Crippen LogP contribution in [0, 0.1) is 0 Å². The van der Waals surface area contributed by atoms with Gasteiger partial charge in [-0.15, -0.1) is 0 Å². The van der Waals surface area contributed by atoms with Crippen molar-refractivity contribution in [3.8, 4) is 0 Å².